The van der Waals surface area contributed by atoms with Gasteiger partial charge in [0.05, 0.1) is 18.1 Å². The summed E-state index contributed by atoms with van der Waals surface area (Å²) in [6, 6.07) is 3.57. The molecule has 1 aliphatic rings. The highest BCUT2D eigenvalue weighted by Crippen LogP contribution is 2.29. The summed E-state index contributed by atoms with van der Waals surface area (Å²) in [4.78, 5) is 0.371. The molecule has 1 unspecified atom stereocenters. The number of hydrogen-bond acceptors (Lipinski definition) is 4. The molecule has 0 radical (unpaired) electrons. The van der Waals surface area contributed by atoms with Crippen LogP contribution in [0.15, 0.2) is 21.5 Å². The second-order valence-electron chi connectivity index (χ2n) is 5.27. The lowest BCUT2D eigenvalue weighted by atomic mass is 10.1. The number of sulfonamides is 1. The van der Waals surface area contributed by atoms with Gasteiger partial charge in [0.25, 0.3) is 0 Å². The van der Waals surface area contributed by atoms with E-state index in [1.54, 1.807) is 6.07 Å². The minimum atomic E-state index is -3.51. The zero-order valence-corrected chi connectivity index (χ0v) is 14.9. The van der Waals surface area contributed by atoms with E-state index in [-0.39, 0.29) is 6.04 Å². The van der Waals surface area contributed by atoms with Gasteiger partial charge < -0.3 is 10.1 Å². The van der Waals surface area contributed by atoms with Crippen LogP contribution in [0.25, 0.3) is 0 Å². The quantitative estimate of drug-likeness (QED) is 0.871. The van der Waals surface area contributed by atoms with Crippen LogP contribution in [0.2, 0.25) is 0 Å². The fourth-order valence-corrected chi connectivity index (χ4v) is 5.01. The Balaban J connectivity index is 2.48. The smallest absolute Gasteiger partial charge is 0.243 e. The van der Waals surface area contributed by atoms with Crippen molar-refractivity contribution in [1.82, 2.24) is 9.62 Å². The minimum absolute atomic E-state index is 0.144. The summed E-state index contributed by atoms with van der Waals surface area (Å²) in [6.07, 6.45) is 0. The van der Waals surface area contributed by atoms with E-state index in [9.17, 15) is 8.42 Å². The van der Waals surface area contributed by atoms with Crippen LogP contribution in [-0.2, 0) is 21.3 Å². The lowest BCUT2D eigenvalue weighted by Crippen LogP contribution is -2.47. The summed E-state index contributed by atoms with van der Waals surface area (Å²) in [5.74, 6) is 0. The molecule has 1 heterocycles. The Hall–Kier alpha value is -0.470. The van der Waals surface area contributed by atoms with E-state index in [4.69, 9.17) is 4.74 Å². The molecule has 1 saturated heterocycles. The number of rotatable bonds is 4. The van der Waals surface area contributed by atoms with Crippen molar-refractivity contribution < 1.29 is 13.2 Å². The summed E-state index contributed by atoms with van der Waals surface area (Å²) < 4.78 is 33.6. The van der Waals surface area contributed by atoms with Crippen LogP contribution in [0.3, 0.4) is 0 Å². The summed E-state index contributed by atoms with van der Waals surface area (Å²) in [5, 5.41) is 3.05. The maximum atomic E-state index is 13.0. The Kier molecular flexibility index (Phi) is 5.43. The van der Waals surface area contributed by atoms with Crippen molar-refractivity contribution in [1.29, 1.82) is 0 Å². The van der Waals surface area contributed by atoms with Gasteiger partial charge in [-0.15, -0.1) is 0 Å². The summed E-state index contributed by atoms with van der Waals surface area (Å²) in [7, 11) is -1.67. The first-order valence-electron chi connectivity index (χ1n) is 6.91. The van der Waals surface area contributed by atoms with Crippen LogP contribution in [0.4, 0.5) is 0 Å². The summed E-state index contributed by atoms with van der Waals surface area (Å²) >= 11 is 3.46. The van der Waals surface area contributed by atoms with E-state index in [0.717, 1.165) is 15.6 Å². The van der Waals surface area contributed by atoms with Gasteiger partial charge in [0.1, 0.15) is 0 Å². The van der Waals surface area contributed by atoms with Gasteiger partial charge in [-0.05, 0) is 44.2 Å². The van der Waals surface area contributed by atoms with Crippen molar-refractivity contribution in [3.63, 3.8) is 0 Å². The predicted molar refractivity (Wildman–Crippen MR) is 85.8 cm³/mol. The van der Waals surface area contributed by atoms with Gasteiger partial charge in [-0.2, -0.15) is 4.31 Å². The Labute approximate surface area is 134 Å². The normalized spacial score (nSPS) is 20.7. The molecule has 1 aromatic rings. The number of ether oxygens (including phenoxy) is 1. The maximum Gasteiger partial charge on any atom is 0.243 e. The van der Waals surface area contributed by atoms with Gasteiger partial charge in [0.2, 0.25) is 10.0 Å². The fraction of sp³-hybridized carbons (Fsp3) is 0.571. The van der Waals surface area contributed by atoms with Gasteiger partial charge in [-0.3, -0.25) is 0 Å². The van der Waals surface area contributed by atoms with Gasteiger partial charge in [-0.25, -0.2) is 8.42 Å². The number of morpholine rings is 1. The molecule has 0 aromatic heterocycles. The average Bonchev–Trinajstić information content (AvgIpc) is 2.43. The van der Waals surface area contributed by atoms with Crippen molar-refractivity contribution in [3.8, 4) is 0 Å². The molecule has 1 aliphatic heterocycles. The number of nitrogens with one attached hydrogen (secondary N) is 1. The molecule has 1 fully saturated rings. The zero-order chi connectivity index (χ0) is 15.6. The van der Waals surface area contributed by atoms with Crippen LogP contribution in [0, 0.1) is 6.92 Å². The number of hydrogen-bond donors (Lipinski definition) is 1. The number of benzene rings is 1. The number of nitrogens with zero attached hydrogens (tertiary/aromatic N) is 1. The highest BCUT2D eigenvalue weighted by molar-refractivity contribution is 9.10. The zero-order valence-electron chi connectivity index (χ0n) is 12.5. The van der Waals surface area contributed by atoms with Crippen molar-refractivity contribution in [2.45, 2.75) is 31.3 Å². The summed E-state index contributed by atoms with van der Waals surface area (Å²) in [5.41, 5.74) is 1.68. The molecule has 0 amide bonds. The van der Waals surface area contributed by atoms with Crippen molar-refractivity contribution in [2.75, 3.05) is 26.8 Å². The maximum absolute atomic E-state index is 13.0. The lowest BCUT2D eigenvalue weighted by Gasteiger charge is -2.32. The minimum Gasteiger partial charge on any atom is -0.378 e. The first kappa shape index (κ1) is 16.9. The van der Waals surface area contributed by atoms with E-state index in [0.29, 0.717) is 31.2 Å². The van der Waals surface area contributed by atoms with Crippen LogP contribution in [-0.4, -0.2) is 45.6 Å². The lowest BCUT2D eigenvalue weighted by molar-refractivity contribution is 0.0392. The molecule has 21 heavy (non-hydrogen) atoms. The summed E-state index contributed by atoms with van der Waals surface area (Å²) in [6.45, 7) is 5.61. The first-order chi connectivity index (χ1) is 9.87. The topological polar surface area (TPSA) is 58.6 Å². The Morgan fingerprint density at radius 1 is 1.48 bits per heavy atom. The van der Waals surface area contributed by atoms with Crippen molar-refractivity contribution in [2.24, 2.45) is 0 Å². The molecule has 0 saturated carbocycles. The molecular formula is C14H21BrN2O3S. The Morgan fingerprint density at radius 3 is 2.81 bits per heavy atom. The Morgan fingerprint density at radius 2 is 2.19 bits per heavy atom. The van der Waals surface area contributed by atoms with Gasteiger partial charge in [0.15, 0.2) is 0 Å². The van der Waals surface area contributed by atoms with E-state index >= 15 is 0 Å². The molecule has 1 atom stereocenters. The van der Waals surface area contributed by atoms with Gasteiger partial charge >= 0.3 is 0 Å². The van der Waals surface area contributed by atoms with Crippen molar-refractivity contribution >= 4 is 26.0 Å². The molecule has 2 rings (SSSR count). The van der Waals surface area contributed by atoms with Crippen molar-refractivity contribution in [3.05, 3.63) is 27.7 Å². The molecule has 5 nitrogen and oxygen atoms in total. The predicted octanol–water partition coefficient (Wildman–Crippen LogP) is 1.89. The van der Waals surface area contributed by atoms with Crippen LogP contribution < -0.4 is 5.32 Å². The molecule has 1 aromatic carbocycles. The molecule has 0 bridgehead atoms. The van der Waals surface area contributed by atoms with Crippen LogP contribution in [0.1, 0.15) is 18.1 Å². The third-order valence-corrected chi connectivity index (χ3v) is 6.59. The molecule has 1 N–H and O–H groups in total. The van der Waals surface area contributed by atoms with E-state index in [2.05, 4.69) is 21.2 Å². The monoisotopic (exact) mass is 376 g/mol. The Bertz CT molecular complexity index is 619. The van der Waals surface area contributed by atoms with E-state index in [1.807, 2.05) is 27.0 Å². The third kappa shape index (κ3) is 3.48. The standard InChI is InChI=1S/C14H21BrN2O3S/c1-10-9-20-5-4-17(10)21(18,19)14-7-12(8-16-3)6-13(15)11(14)2/h6-7,10,16H,4-5,8-9H2,1-3H3. The molecule has 0 aliphatic carbocycles. The SMILES string of the molecule is CNCc1cc(Br)c(C)c(S(=O)(=O)N2CCOCC2C)c1. The van der Waals surface area contributed by atoms with Crippen LogP contribution in [0.5, 0.6) is 0 Å². The molecule has 118 valence electrons. The largest absolute Gasteiger partial charge is 0.378 e. The molecule has 0 spiro atoms. The van der Waals surface area contributed by atoms with Crippen LogP contribution >= 0.6 is 15.9 Å². The van der Waals surface area contributed by atoms with Gasteiger partial charge in [0, 0.05) is 23.6 Å². The fourth-order valence-electron chi connectivity index (χ4n) is 2.48. The molecule has 7 heteroatoms. The second-order valence-corrected chi connectivity index (χ2v) is 7.98. The van der Waals surface area contributed by atoms with Gasteiger partial charge in [-0.1, -0.05) is 15.9 Å². The average molecular weight is 377 g/mol. The number of halogens is 1. The third-order valence-electron chi connectivity index (χ3n) is 3.63. The van der Waals surface area contributed by atoms with E-state index < -0.39 is 10.0 Å². The second kappa shape index (κ2) is 6.75. The highest BCUT2D eigenvalue weighted by atomic mass is 79.9. The highest BCUT2D eigenvalue weighted by Gasteiger charge is 2.33. The first-order valence-corrected chi connectivity index (χ1v) is 9.14. The molecular weight excluding hydrogens is 356 g/mol. The van der Waals surface area contributed by atoms with E-state index in [1.165, 1.54) is 4.31 Å².